The van der Waals surface area contributed by atoms with Crippen LogP contribution in [-0.4, -0.2) is 20.2 Å². The molecule has 0 spiro atoms. The molecule has 3 atom stereocenters. The topological polar surface area (TPSA) is 49.3 Å². The van der Waals surface area contributed by atoms with Crippen molar-refractivity contribution in [2.45, 2.75) is 57.4 Å². The fourth-order valence-electron chi connectivity index (χ4n) is 1.68. The molecule has 1 aromatic rings. The second-order valence-electron chi connectivity index (χ2n) is 5.76. The van der Waals surface area contributed by atoms with Gasteiger partial charge in [0.25, 0.3) is 0 Å². The van der Waals surface area contributed by atoms with Crippen LogP contribution >= 0.6 is 0 Å². The van der Waals surface area contributed by atoms with E-state index >= 15 is 0 Å². The van der Waals surface area contributed by atoms with Gasteiger partial charge in [-0.25, -0.2) is 8.93 Å². The highest BCUT2D eigenvalue weighted by molar-refractivity contribution is 7.84. The summed E-state index contributed by atoms with van der Waals surface area (Å²) in [4.78, 5) is 0. The molecule has 108 valence electrons. The molecular formula is C15H25NO2S. The molecule has 19 heavy (non-hydrogen) atoms. The Bertz CT molecular complexity index is 400. The van der Waals surface area contributed by atoms with Crippen LogP contribution in [0.2, 0.25) is 0 Å². The highest BCUT2D eigenvalue weighted by Crippen LogP contribution is 2.22. The molecule has 0 heterocycles. The van der Waals surface area contributed by atoms with Gasteiger partial charge in [-0.2, -0.15) is 0 Å². The zero-order valence-corrected chi connectivity index (χ0v) is 13.0. The predicted octanol–water partition coefficient (Wildman–Crippen LogP) is 2.94. The van der Waals surface area contributed by atoms with E-state index in [1.54, 1.807) is 0 Å². The average Bonchev–Trinajstić information content (AvgIpc) is 2.37. The van der Waals surface area contributed by atoms with Crippen molar-refractivity contribution < 1.29 is 9.32 Å². The molecule has 3 nitrogen and oxygen atoms in total. The van der Waals surface area contributed by atoms with Gasteiger partial charge in [0.2, 0.25) is 0 Å². The van der Waals surface area contributed by atoms with Gasteiger partial charge < -0.3 is 5.11 Å². The van der Waals surface area contributed by atoms with Crippen LogP contribution in [0.4, 0.5) is 0 Å². The Hall–Kier alpha value is -0.710. The van der Waals surface area contributed by atoms with Gasteiger partial charge in [-0.15, -0.1) is 0 Å². The van der Waals surface area contributed by atoms with E-state index in [1.165, 1.54) is 0 Å². The van der Waals surface area contributed by atoms with E-state index in [0.717, 1.165) is 5.56 Å². The van der Waals surface area contributed by atoms with Gasteiger partial charge in [-0.05, 0) is 39.2 Å². The lowest BCUT2D eigenvalue weighted by atomic mass is 10.0. The monoisotopic (exact) mass is 283 g/mol. The van der Waals surface area contributed by atoms with E-state index in [-0.39, 0.29) is 16.9 Å². The van der Waals surface area contributed by atoms with Crippen LogP contribution in [-0.2, 0) is 11.0 Å². The molecule has 0 fully saturated rings. The maximum absolute atomic E-state index is 12.2. The molecule has 0 aliphatic heterocycles. The van der Waals surface area contributed by atoms with E-state index in [9.17, 15) is 9.32 Å². The van der Waals surface area contributed by atoms with Crippen LogP contribution in [0.1, 0.15) is 52.1 Å². The van der Waals surface area contributed by atoms with Gasteiger partial charge >= 0.3 is 0 Å². The number of aliphatic hydroxyl groups excluding tert-OH is 1. The first-order valence-electron chi connectivity index (χ1n) is 6.75. The minimum Gasteiger partial charge on any atom is -0.393 e. The number of nitrogens with one attached hydrogen (secondary N) is 1. The summed E-state index contributed by atoms with van der Waals surface area (Å²) in [5.74, 6) is 0. The summed E-state index contributed by atoms with van der Waals surface area (Å²) in [6.45, 7) is 7.77. The van der Waals surface area contributed by atoms with Crippen LogP contribution in [0.25, 0.3) is 0 Å². The second-order valence-corrected chi connectivity index (χ2v) is 7.76. The van der Waals surface area contributed by atoms with Gasteiger partial charge in [0, 0.05) is 6.04 Å². The fraction of sp³-hybridized carbons (Fsp3) is 0.600. The summed E-state index contributed by atoms with van der Waals surface area (Å²) in [7, 11) is -1.15. The summed E-state index contributed by atoms with van der Waals surface area (Å²) >= 11 is 0. The summed E-state index contributed by atoms with van der Waals surface area (Å²) in [5, 5.41) is 9.87. The molecule has 1 rings (SSSR count). The largest absolute Gasteiger partial charge is 0.393 e. The molecule has 1 unspecified atom stereocenters. The molecule has 0 aliphatic carbocycles. The normalized spacial score (nSPS) is 16.9. The third kappa shape index (κ3) is 5.43. The van der Waals surface area contributed by atoms with E-state index in [4.69, 9.17) is 0 Å². The first-order valence-corrected chi connectivity index (χ1v) is 7.90. The SMILES string of the molecule is CC[C@@H](O)C[C@H](NS(=O)C(C)(C)C)c1ccccc1. The van der Waals surface area contributed by atoms with Gasteiger partial charge in [0.1, 0.15) is 0 Å². The molecule has 0 bridgehead atoms. The number of hydrogen-bond donors (Lipinski definition) is 2. The third-order valence-electron chi connectivity index (χ3n) is 2.99. The van der Waals surface area contributed by atoms with Crippen molar-refractivity contribution in [3.63, 3.8) is 0 Å². The molecule has 0 saturated heterocycles. The quantitative estimate of drug-likeness (QED) is 0.843. The highest BCUT2D eigenvalue weighted by Gasteiger charge is 2.24. The van der Waals surface area contributed by atoms with Crippen molar-refractivity contribution in [3.8, 4) is 0 Å². The van der Waals surface area contributed by atoms with Crippen molar-refractivity contribution in [1.82, 2.24) is 4.72 Å². The summed E-state index contributed by atoms with van der Waals surface area (Å²) in [6, 6.07) is 9.79. The molecule has 0 radical (unpaired) electrons. The molecule has 2 N–H and O–H groups in total. The van der Waals surface area contributed by atoms with Crippen molar-refractivity contribution in [1.29, 1.82) is 0 Å². The lowest BCUT2D eigenvalue weighted by Crippen LogP contribution is -2.37. The number of aliphatic hydroxyl groups is 1. The second kappa shape index (κ2) is 7.17. The molecule has 1 aromatic carbocycles. The first kappa shape index (κ1) is 16.3. The highest BCUT2D eigenvalue weighted by atomic mass is 32.2. The Balaban J connectivity index is 2.85. The van der Waals surface area contributed by atoms with Crippen molar-refractivity contribution in [2.75, 3.05) is 0 Å². The molecule has 0 saturated carbocycles. The van der Waals surface area contributed by atoms with Crippen molar-refractivity contribution >= 4 is 11.0 Å². The molecule has 0 aliphatic rings. The van der Waals surface area contributed by atoms with Crippen molar-refractivity contribution in [2.24, 2.45) is 0 Å². The third-order valence-corrected chi connectivity index (χ3v) is 4.60. The summed E-state index contributed by atoms with van der Waals surface area (Å²) in [5.41, 5.74) is 1.06. The van der Waals surface area contributed by atoms with Crippen LogP contribution in [0, 0.1) is 0 Å². The van der Waals surface area contributed by atoms with E-state index in [2.05, 4.69) is 4.72 Å². The standard InChI is InChI=1S/C15H25NO2S/c1-5-13(17)11-14(12-9-7-6-8-10-12)16-19(18)15(2,3)4/h6-10,13-14,16-17H,5,11H2,1-4H3/t13-,14+,19?/m1/s1. The maximum Gasteiger partial charge on any atom is 0.0975 e. The van der Waals surface area contributed by atoms with Crippen LogP contribution in [0.3, 0.4) is 0 Å². The predicted molar refractivity (Wildman–Crippen MR) is 81.1 cm³/mol. The Labute approximate surface area is 119 Å². The van der Waals surface area contributed by atoms with Gasteiger partial charge in [-0.3, -0.25) is 0 Å². The van der Waals surface area contributed by atoms with E-state index < -0.39 is 11.0 Å². The fourth-order valence-corrected chi connectivity index (χ4v) is 2.53. The zero-order chi connectivity index (χ0) is 14.5. The summed E-state index contributed by atoms with van der Waals surface area (Å²) in [6.07, 6.45) is 0.893. The Morgan fingerprint density at radius 2 is 1.84 bits per heavy atom. The number of rotatable bonds is 6. The smallest absolute Gasteiger partial charge is 0.0975 e. The lowest BCUT2D eigenvalue weighted by Gasteiger charge is -2.26. The van der Waals surface area contributed by atoms with E-state index in [1.807, 2.05) is 58.0 Å². The minimum absolute atomic E-state index is 0.0868. The Kier molecular flexibility index (Phi) is 6.17. The first-order chi connectivity index (χ1) is 8.84. The van der Waals surface area contributed by atoms with E-state index in [0.29, 0.717) is 12.8 Å². The van der Waals surface area contributed by atoms with Gasteiger partial charge in [0.05, 0.1) is 21.8 Å². The molecular weight excluding hydrogens is 258 g/mol. The Morgan fingerprint density at radius 3 is 2.32 bits per heavy atom. The molecule has 0 aromatic heterocycles. The zero-order valence-electron chi connectivity index (χ0n) is 12.2. The lowest BCUT2D eigenvalue weighted by molar-refractivity contribution is 0.149. The average molecular weight is 283 g/mol. The maximum atomic E-state index is 12.2. The van der Waals surface area contributed by atoms with Gasteiger partial charge in [0.15, 0.2) is 0 Å². The molecule has 4 heteroatoms. The van der Waals surface area contributed by atoms with Crippen LogP contribution in [0.5, 0.6) is 0 Å². The molecule has 0 amide bonds. The van der Waals surface area contributed by atoms with Crippen LogP contribution in [0.15, 0.2) is 30.3 Å². The number of benzene rings is 1. The minimum atomic E-state index is -1.15. The van der Waals surface area contributed by atoms with Gasteiger partial charge in [-0.1, -0.05) is 37.3 Å². The number of hydrogen-bond acceptors (Lipinski definition) is 2. The van der Waals surface area contributed by atoms with Crippen molar-refractivity contribution in [3.05, 3.63) is 35.9 Å². The van der Waals surface area contributed by atoms with Crippen LogP contribution < -0.4 is 4.72 Å². The Morgan fingerprint density at radius 1 is 1.26 bits per heavy atom. The summed E-state index contributed by atoms with van der Waals surface area (Å²) < 4.78 is 15.1.